The smallest absolute Gasteiger partial charge is 0.225 e. The fourth-order valence-corrected chi connectivity index (χ4v) is 3.23. The summed E-state index contributed by atoms with van der Waals surface area (Å²) < 4.78 is 6.07. The second-order valence-corrected chi connectivity index (χ2v) is 6.02. The predicted octanol–water partition coefficient (Wildman–Crippen LogP) is 3.78. The zero-order chi connectivity index (χ0) is 16.1. The Labute approximate surface area is 137 Å². The Bertz CT molecular complexity index is 627. The lowest BCUT2D eigenvalue weighted by molar-refractivity contribution is -0.129. The second kappa shape index (κ2) is 7.42. The van der Waals surface area contributed by atoms with Crippen molar-refractivity contribution in [2.24, 2.45) is 0 Å². The van der Waals surface area contributed by atoms with E-state index in [1.807, 2.05) is 41.3 Å². The molecule has 23 heavy (non-hydrogen) atoms. The molecule has 120 valence electrons. The van der Waals surface area contributed by atoms with Crippen molar-refractivity contribution in [1.82, 2.24) is 4.90 Å². The molecule has 0 spiro atoms. The summed E-state index contributed by atoms with van der Waals surface area (Å²) in [5.41, 5.74) is 2.32. The minimum Gasteiger partial charge on any atom is -0.371 e. The minimum absolute atomic E-state index is 0.0172. The van der Waals surface area contributed by atoms with Gasteiger partial charge in [0.15, 0.2) is 0 Å². The summed E-state index contributed by atoms with van der Waals surface area (Å²) in [6, 6.07) is 20.5. The summed E-state index contributed by atoms with van der Waals surface area (Å²) in [6.45, 7) is 3.36. The molecule has 3 heteroatoms. The molecular formula is C20H23NO2. The molecule has 1 aliphatic heterocycles. The number of carbonyl (C=O) groups is 1. The van der Waals surface area contributed by atoms with E-state index in [9.17, 15) is 4.79 Å². The van der Waals surface area contributed by atoms with Crippen LogP contribution in [0, 0.1) is 0 Å². The van der Waals surface area contributed by atoms with Crippen LogP contribution in [0.1, 0.15) is 30.9 Å². The average molecular weight is 309 g/mol. The van der Waals surface area contributed by atoms with Crippen molar-refractivity contribution in [1.29, 1.82) is 0 Å². The molecule has 0 aromatic heterocycles. The van der Waals surface area contributed by atoms with Gasteiger partial charge in [0.05, 0.1) is 25.2 Å². The van der Waals surface area contributed by atoms with Gasteiger partial charge in [-0.25, -0.2) is 0 Å². The van der Waals surface area contributed by atoms with Gasteiger partial charge < -0.3 is 9.64 Å². The zero-order valence-corrected chi connectivity index (χ0v) is 13.5. The molecule has 0 saturated carbocycles. The topological polar surface area (TPSA) is 29.5 Å². The summed E-state index contributed by atoms with van der Waals surface area (Å²) in [5, 5.41) is 0. The van der Waals surface area contributed by atoms with Crippen molar-refractivity contribution in [3.63, 3.8) is 0 Å². The number of benzene rings is 2. The number of hydrogen-bond acceptors (Lipinski definition) is 2. The fraction of sp³-hybridized carbons (Fsp3) is 0.350. The van der Waals surface area contributed by atoms with E-state index in [2.05, 4.69) is 31.2 Å². The van der Waals surface area contributed by atoms with E-state index >= 15 is 0 Å². The highest BCUT2D eigenvalue weighted by atomic mass is 16.5. The van der Waals surface area contributed by atoms with Crippen molar-refractivity contribution < 1.29 is 9.53 Å². The summed E-state index contributed by atoms with van der Waals surface area (Å²) in [5.74, 6) is 0.193. The molecule has 0 unspecified atom stereocenters. The molecule has 2 aromatic rings. The third-order valence-corrected chi connectivity index (χ3v) is 4.45. The maximum Gasteiger partial charge on any atom is 0.225 e. The van der Waals surface area contributed by atoms with Gasteiger partial charge in [0, 0.05) is 6.54 Å². The van der Waals surface area contributed by atoms with Crippen molar-refractivity contribution >= 4 is 5.91 Å². The first kappa shape index (κ1) is 15.8. The van der Waals surface area contributed by atoms with Gasteiger partial charge in [-0.2, -0.15) is 0 Å². The van der Waals surface area contributed by atoms with E-state index in [-0.39, 0.29) is 18.1 Å². The Morgan fingerprint density at radius 1 is 1.00 bits per heavy atom. The lowest BCUT2D eigenvalue weighted by Crippen LogP contribution is -2.36. The number of nitrogens with zero attached hydrogens (tertiary/aromatic N) is 1. The largest absolute Gasteiger partial charge is 0.371 e. The third-order valence-electron chi connectivity index (χ3n) is 4.45. The van der Waals surface area contributed by atoms with Crippen LogP contribution in [0.3, 0.4) is 0 Å². The molecular weight excluding hydrogens is 286 g/mol. The molecule has 1 aliphatic rings. The monoisotopic (exact) mass is 309 g/mol. The van der Waals surface area contributed by atoms with Gasteiger partial charge in [-0.05, 0) is 17.5 Å². The lowest BCUT2D eigenvalue weighted by atomic mass is 10.1. The SMILES string of the molecule is CC[C@H]1[C@H](OCc2ccccc2)CC(=O)N1Cc1ccccc1. The van der Waals surface area contributed by atoms with Gasteiger partial charge in [0.25, 0.3) is 0 Å². The van der Waals surface area contributed by atoms with Gasteiger partial charge in [0.2, 0.25) is 5.91 Å². The molecule has 1 saturated heterocycles. The third kappa shape index (κ3) is 3.80. The predicted molar refractivity (Wildman–Crippen MR) is 90.7 cm³/mol. The summed E-state index contributed by atoms with van der Waals surface area (Å²) in [6.07, 6.45) is 1.38. The van der Waals surface area contributed by atoms with Gasteiger partial charge in [-0.15, -0.1) is 0 Å². The second-order valence-electron chi connectivity index (χ2n) is 6.02. The van der Waals surface area contributed by atoms with Crippen molar-refractivity contribution in [2.75, 3.05) is 0 Å². The molecule has 1 fully saturated rings. The molecule has 0 aliphatic carbocycles. The molecule has 1 heterocycles. The molecule has 3 nitrogen and oxygen atoms in total. The number of carbonyl (C=O) groups excluding carboxylic acids is 1. The van der Waals surface area contributed by atoms with E-state index in [1.54, 1.807) is 0 Å². The highest BCUT2D eigenvalue weighted by Gasteiger charge is 2.39. The van der Waals surface area contributed by atoms with E-state index in [0.29, 0.717) is 19.6 Å². The van der Waals surface area contributed by atoms with Crippen LogP contribution in [0.2, 0.25) is 0 Å². The van der Waals surface area contributed by atoms with Crippen LogP contribution in [0.5, 0.6) is 0 Å². The Hall–Kier alpha value is -2.13. The number of likely N-dealkylation sites (tertiary alicyclic amines) is 1. The maximum atomic E-state index is 12.4. The van der Waals surface area contributed by atoms with Crippen molar-refractivity contribution in [2.45, 2.75) is 45.1 Å². The van der Waals surface area contributed by atoms with Crippen molar-refractivity contribution in [3.8, 4) is 0 Å². The molecule has 0 radical (unpaired) electrons. The lowest BCUT2D eigenvalue weighted by Gasteiger charge is -2.27. The summed E-state index contributed by atoms with van der Waals surface area (Å²) in [4.78, 5) is 14.4. The first-order valence-corrected chi connectivity index (χ1v) is 8.27. The van der Waals surface area contributed by atoms with Crippen LogP contribution in [0.15, 0.2) is 60.7 Å². The van der Waals surface area contributed by atoms with Gasteiger partial charge in [0.1, 0.15) is 0 Å². The summed E-state index contributed by atoms with van der Waals surface area (Å²) in [7, 11) is 0. The minimum atomic E-state index is -0.0172. The van der Waals surface area contributed by atoms with E-state index in [1.165, 1.54) is 5.56 Å². The first-order valence-electron chi connectivity index (χ1n) is 8.27. The fourth-order valence-electron chi connectivity index (χ4n) is 3.23. The van der Waals surface area contributed by atoms with Gasteiger partial charge in [-0.1, -0.05) is 67.6 Å². The van der Waals surface area contributed by atoms with Crippen LogP contribution in [-0.2, 0) is 22.7 Å². The standard InChI is InChI=1S/C20H23NO2/c1-2-18-19(23-15-17-11-7-4-8-12-17)13-20(22)21(18)14-16-9-5-3-6-10-16/h3-12,18-19H,2,13-15H2,1H3/t18-,19+/m0/s1. The quantitative estimate of drug-likeness (QED) is 0.812. The molecule has 0 N–H and O–H groups in total. The summed E-state index contributed by atoms with van der Waals surface area (Å²) >= 11 is 0. The van der Waals surface area contributed by atoms with E-state index < -0.39 is 0 Å². The van der Waals surface area contributed by atoms with Crippen LogP contribution in [-0.4, -0.2) is 23.0 Å². The maximum absolute atomic E-state index is 12.4. The molecule has 3 rings (SSSR count). The number of ether oxygens (including phenoxy) is 1. The zero-order valence-electron chi connectivity index (χ0n) is 13.5. The Morgan fingerprint density at radius 2 is 1.61 bits per heavy atom. The molecule has 2 aromatic carbocycles. The van der Waals surface area contributed by atoms with Crippen LogP contribution >= 0.6 is 0 Å². The van der Waals surface area contributed by atoms with Crippen LogP contribution in [0.4, 0.5) is 0 Å². The van der Waals surface area contributed by atoms with Gasteiger partial charge in [-0.3, -0.25) is 4.79 Å². The van der Waals surface area contributed by atoms with Crippen LogP contribution < -0.4 is 0 Å². The first-order chi connectivity index (χ1) is 11.3. The van der Waals surface area contributed by atoms with Crippen LogP contribution in [0.25, 0.3) is 0 Å². The number of hydrogen-bond donors (Lipinski definition) is 0. The Kier molecular flexibility index (Phi) is 5.09. The number of amides is 1. The van der Waals surface area contributed by atoms with E-state index in [4.69, 9.17) is 4.74 Å². The highest BCUT2D eigenvalue weighted by Crippen LogP contribution is 2.27. The van der Waals surface area contributed by atoms with Gasteiger partial charge >= 0.3 is 0 Å². The molecule has 1 amide bonds. The molecule has 0 bridgehead atoms. The highest BCUT2D eigenvalue weighted by molar-refractivity contribution is 5.79. The number of rotatable bonds is 6. The van der Waals surface area contributed by atoms with E-state index in [0.717, 1.165) is 12.0 Å². The Morgan fingerprint density at radius 3 is 2.22 bits per heavy atom. The van der Waals surface area contributed by atoms with Crippen molar-refractivity contribution in [3.05, 3.63) is 71.8 Å². The average Bonchev–Trinajstić information content (AvgIpc) is 2.90. The Balaban J connectivity index is 1.65. The normalized spacial score (nSPS) is 20.9. The molecule has 2 atom stereocenters.